The van der Waals surface area contributed by atoms with E-state index in [-0.39, 0.29) is 47.8 Å². The molecule has 0 aromatic heterocycles. The minimum atomic E-state index is -0.369. The van der Waals surface area contributed by atoms with E-state index in [1.807, 2.05) is 13.8 Å². The Balaban J connectivity index is 0.00000341. The van der Waals surface area contributed by atoms with E-state index in [0.29, 0.717) is 25.7 Å². The van der Waals surface area contributed by atoms with Crippen molar-refractivity contribution in [3.63, 3.8) is 0 Å². The quantitative estimate of drug-likeness (QED) is 0.299. The van der Waals surface area contributed by atoms with Gasteiger partial charge in [-0.25, -0.2) is 4.39 Å². The zero-order valence-corrected chi connectivity index (χ0v) is 20.5. The molecule has 1 aliphatic heterocycles. The van der Waals surface area contributed by atoms with Crippen LogP contribution in [-0.4, -0.2) is 45.0 Å². The van der Waals surface area contributed by atoms with E-state index >= 15 is 0 Å². The Morgan fingerprint density at radius 3 is 2.74 bits per heavy atom. The molecule has 0 saturated carbocycles. The van der Waals surface area contributed by atoms with Gasteiger partial charge in [0.15, 0.2) is 17.5 Å². The number of hydrogen-bond donors (Lipinski definition) is 2. The maximum atomic E-state index is 13.7. The Kier molecular flexibility index (Phi) is 10.3. The van der Waals surface area contributed by atoms with Crippen molar-refractivity contribution in [2.75, 3.05) is 26.8 Å². The lowest BCUT2D eigenvalue weighted by molar-refractivity contribution is 0.140. The number of nitrogens with zero attached hydrogens (tertiary/aromatic N) is 1. The molecule has 2 aromatic carbocycles. The summed E-state index contributed by atoms with van der Waals surface area (Å²) in [5, 5.41) is 6.51. The predicted octanol–water partition coefficient (Wildman–Crippen LogP) is 4.05. The van der Waals surface area contributed by atoms with Gasteiger partial charge >= 0.3 is 0 Å². The molecule has 31 heavy (non-hydrogen) atoms. The average Bonchev–Trinajstić information content (AvgIpc) is 3.24. The molecule has 2 atom stereocenters. The number of benzene rings is 2. The molecule has 3 rings (SSSR count). The molecule has 0 aliphatic carbocycles. The lowest BCUT2D eigenvalue weighted by Crippen LogP contribution is -2.41. The summed E-state index contributed by atoms with van der Waals surface area (Å²) in [6.45, 7) is 6.34. The van der Waals surface area contributed by atoms with Crippen LogP contribution in [0, 0.1) is 12.7 Å². The van der Waals surface area contributed by atoms with Gasteiger partial charge in [-0.2, -0.15) is 0 Å². The Labute approximate surface area is 200 Å². The summed E-state index contributed by atoms with van der Waals surface area (Å²) in [6, 6.07) is 12.6. The van der Waals surface area contributed by atoms with Gasteiger partial charge in [-0.15, -0.1) is 24.0 Å². The predicted molar refractivity (Wildman–Crippen MR) is 131 cm³/mol. The summed E-state index contributed by atoms with van der Waals surface area (Å²) in [7, 11) is 1.71. The van der Waals surface area contributed by atoms with Crippen LogP contribution < -0.4 is 20.1 Å². The standard InChI is InChI=1S/C23H30FN3O3.HI/c1-16-8-9-18(22(12-16)30-19-10-11-28-15-19)14-27-23(25-3)26-13-17(2)29-21-7-5-4-6-20(21)24;/h4-9,12,17,19H,10-11,13-15H2,1-3H3,(H2,25,26,27);1H. The van der Waals surface area contributed by atoms with Crippen LogP contribution in [0.2, 0.25) is 0 Å². The van der Waals surface area contributed by atoms with Gasteiger partial charge in [-0.05, 0) is 37.6 Å². The zero-order valence-electron chi connectivity index (χ0n) is 18.2. The summed E-state index contributed by atoms with van der Waals surface area (Å²) in [6.07, 6.45) is 0.768. The first-order valence-corrected chi connectivity index (χ1v) is 10.2. The second-order valence-corrected chi connectivity index (χ2v) is 7.38. The molecule has 2 unspecified atom stereocenters. The monoisotopic (exact) mass is 543 g/mol. The lowest BCUT2D eigenvalue weighted by atomic mass is 10.1. The zero-order chi connectivity index (χ0) is 21.3. The molecule has 170 valence electrons. The fourth-order valence-electron chi connectivity index (χ4n) is 3.14. The highest BCUT2D eigenvalue weighted by Gasteiger charge is 2.19. The second-order valence-electron chi connectivity index (χ2n) is 7.38. The van der Waals surface area contributed by atoms with Gasteiger partial charge < -0.3 is 24.8 Å². The largest absolute Gasteiger partial charge is 0.488 e. The number of aryl methyl sites for hydroxylation is 1. The number of nitrogens with one attached hydrogen (secondary N) is 2. The van der Waals surface area contributed by atoms with Gasteiger partial charge in [0.05, 0.1) is 19.8 Å². The molecule has 1 aliphatic rings. The third-order valence-electron chi connectivity index (χ3n) is 4.80. The van der Waals surface area contributed by atoms with Crippen molar-refractivity contribution in [3.05, 3.63) is 59.4 Å². The lowest BCUT2D eigenvalue weighted by Gasteiger charge is -2.19. The number of aliphatic imine (C=N–C) groups is 1. The van der Waals surface area contributed by atoms with Crippen LogP contribution in [0.5, 0.6) is 11.5 Å². The Bertz CT molecular complexity index is 860. The summed E-state index contributed by atoms with van der Waals surface area (Å²) in [5.41, 5.74) is 2.19. The molecule has 2 aromatic rings. The molecule has 1 fully saturated rings. The van der Waals surface area contributed by atoms with E-state index in [2.05, 4.69) is 33.8 Å². The summed E-state index contributed by atoms with van der Waals surface area (Å²) in [5.74, 6) is 1.37. The number of halogens is 2. The maximum Gasteiger partial charge on any atom is 0.191 e. The van der Waals surface area contributed by atoms with Crippen LogP contribution in [0.25, 0.3) is 0 Å². The first-order chi connectivity index (χ1) is 14.5. The molecule has 0 spiro atoms. The molecular formula is C23H31FIN3O3. The van der Waals surface area contributed by atoms with Crippen molar-refractivity contribution in [2.24, 2.45) is 4.99 Å². The van der Waals surface area contributed by atoms with E-state index in [9.17, 15) is 4.39 Å². The Hall–Kier alpha value is -2.07. The van der Waals surface area contributed by atoms with Crippen LogP contribution >= 0.6 is 24.0 Å². The number of ether oxygens (including phenoxy) is 3. The van der Waals surface area contributed by atoms with E-state index in [4.69, 9.17) is 14.2 Å². The summed E-state index contributed by atoms with van der Waals surface area (Å²) < 4.78 is 31.0. The second kappa shape index (κ2) is 12.7. The maximum absolute atomic E-state index is 13.7. The minimum Gasteiger partial charge on any atom is -0.488 e. The highest BCUT2D eigenvalue weighted by molar-refractivity contribution is 14.0. The van der Waals surface area contributed by atoms with Gasteiger partial charge in [0.1, 0.15) is 18.0 Å². The smallest absolute Gasteiger partial charge is 0.191 e. The van der Waals surface area contributed by atoms with E-state index < -0.39 is 0 Å². The van der Waals surface area contributed by atoms with Gasteiger partial charge in [0, 0.05) is 25.6 Å². The molecule has 0 amide bonds. The van der Waals surface area contributed by atoms with E-state index in [1.54, 1.807) is 25.2 Å². The van der Waals surface area contributed by atoms with Crippen LogP contribution in [0.15, 0.2) is 47.5 Å². The van der Waals surface area contributed by atoms with Crippen LogP contribution in [0.4, 0.5) is 4.39 Å². The summed E-state index contributed by atoms with van der Waals surface area (Å²) in [4.78, 5) is 4.25. The topological polar surface area (TPSA) is 64.1 Å². The number of rotatable bonds is 8. The van der Waals surface area contributed by atoms with Crippen molar-refractivity contribution >= 4 is 29.9 Å². The third kappa shape index (κ3) is 7.84. The van der Waals surface area contributed by atoms with Crippen LogP contribution in [-0.2, 0) is 11.3 Å². The van der Waals surface area contributed by atoms with Crippen molar-refractivity contribution in [1.82, 2.24) is 10.6 Å². The molecular weight excluding hydrogens is 512 g/mol. The number of guanidine groups is 1. The van der Waals surface area contributed by atoms with Gasteiger partial charge in [0.25, 0.3) is 0 Å². The van der Waals surface area contributed by atoms with Crippen molar-refractivity contribution in [1.29, 1.82) is 0 Å². The van der Waals surface area contributed by atoms with E-state index in [0.717, 1.165) is 29.9 Å². The molecule has 1 heterocycles. The van der Waals surface area contributed by atoms with E-state index in [1.165, 1.54) is 6.07 Å². The number of hydrogen-bond acceptors (Lipinski definition) is 4. The normalized spacial score (nSPS) is 16.9. The highest BCUT2D eigenvalue weighted by atomic mass is 127. The third-order valence-corrected chi connectivity index (χ3v) is 4.80. The number of para-hydroxylation sites is 1. The first-order valence-electron chi connectivity index (χ1n) is 10.2. The molecule has 1 saturated heterocycles. The Morgan fingerprint density at radius 1 is 1.23 bits per heavy atom. The van der Waals surface area contributed by atoms with Crippen LogP contribution in [0.1, 0.15) is 24.5 Å². The SMILES string of the molecule is CN=C(NCc1ccc(C)cc1OC1CCOC1)NCC(C)Oc1ccccc1F.I. The highest BCUT2D eigenvalue weighted by Crippen LogP contribution is 2.24. The van der Waals surface area contributed by atoms with Crippen molar-refractivity contribution in [2.45, 2.75) is 39.0 Å². The van der Waals surface area contributed by atoms with Gasteiger partial charge in [-0.1, -0.05) is 24.3 Å². The molecule has 8 heteroatoms. The minimum absolute atomic E-state index is 0. The van der Waals surface area contributed by atoms with Crippen LogP contribution in [0.3, 0.4) is 0 Å². The molecule has 0 bridgehead atoms. The van der Waals surface area contributed by atoms with Gasteiger partial charge in [-0.3, -0.25) is 4.99 Å². The van der Waals surface area contributed by atoms with Crippen molar-refractivity contribution in [3.8, 4) is 11.5 Å². The fourth-order valence-corrected chi connectivity index (χ4v) is 3.14. The molecule has 0 radical (unpaired) electrons. The van der Waals surface area contributed by atoms with Crippen molar-refractivity contribution < 1.29 is 18.6 Å². The average molecular weight is 543 g/mol. The van der Waals surface area contributed by atoms with Gasteiger partial charge in [0.2, 0.25) is 0 Å². The molecule has 2 N–H and O–H groups in total. The Morgan fingerprint density at radius 2 is 2.03 bits per heavy atom. The fraction of sp³-hybridized carbons (Fsp3) is 0.435. The molecule has 6 nitrogen and oxygen atoms in total. The summed E-state index contributed by atoms with van der Waals surface area (Å²) >= 11 is 0. The first kappa shape index (κ1) is 25.2.